The Morgan fingerprint density at radius 2 is 1.13 bits per heavy atom. The minimum atomic E-state index is -2.77. The molecule has 0 aliphatic carbocycles. The van der Waals surface area contributed by atoms with Crippen molar-refractivity contribution in [2.75, 3.05) is 13.6 Å². The lowest BCUT2D eigenvalue weighted by atomic mass is 10.2. The van der Waals surface area contributed by atoms with Gasteiger partial charge in [-0.1, -0.05) is 37.4 Å². The van der Waals surface area contributed by atoms with Crippen molar-refractivity contribution < 1.29 is 46.8 Å². The summed E-state index contributed by atoms with van der Waals surface area (Å²) in [5.74, 6) is 0.0405. The van der Waals surface area contributed by atoms with Crippen LogP contribution < -0.4 is 18.9 Å². The van der Waals surface area contributed by atoms with Crippen molar-refractivity contribution in [2.45, 2.75) is 19.6 Å². The van der Waals surface area contributed by atoms with Crippen molar-refractivity contribution in [3.05, 3.63) is 109 Å². The first-order chi connectivity index (χ1) is 18.9. The van der Waals surface area contributed by atoms with Crippen molar-refractivity contribution in [3.63, 3.8) is 0 Å². The van der Waals surface area contributed by atoms with Crippen LogP contribution in [0.15, 0.2) is 92.0 Å². The fraction of sp³-hybridized carbons (Fsp3) is 0.172. The van der Waals surface area contributed by atoms with Crippen LogP contribution in [0.2, 0.25) is 0 Å². The second-order valence-corrected chi connectivity index (χ2v) is 7.72. The van der Waals surface area contributed by atoms with Gasteiger partial charge in [-0.05, 0) is 53.6 Å². The second kappa shape index (κ2) is 14.8. The molecule has 0 aliphatic heterocycles. The Kier molecular flexibility index (Phi) is 10.9. The number of ether oxygens (including phenoxy) is 6. The number of hydrogen-bond acceptors (Lipinski definition) is 8. The summed E-state index contributed by atoms with van der Waals surface area (Å²) in [4.78, 5) is 22.0. The van der Waals surface area contributed by atoms with E-state index in [0.29, 0.717) is 11.5 Å². The van der Waals surface area contributed by atoms with Gasteiger partial charge in [0.2, 0.25) is 13.6 Å². The molecule has 0 bridgehead atoms. The largest absolute Gasteiger partial charge is 0.489 e. The van der Waals surface area contributed by atoms with Crippen LogP contribution >= 0.6 is 0 Å². The number of carbonyl (C=O) groups excluding carboxylic acids is 2. The van der Waals surface area contributed by atoms with Gasteiger partial charge in [0.15, 0.2) is 0 Å². The van der Waals surface area contributed by atoms with Gasteiger partial charge in [0.25, 0.3) is 6.43 Å². The molecule has 0 atom stereocenters. The maximum Gasteiger partial charge on any atom is 0.333 e. The second-order valence-electron chi connectivity index (χ2n) is 7.72. The minimum absolute atomic E-state index is 0.0349. The Hall–Kier alpha value is -4.86. The molecule has 0 spiro atoms. The third-order valence-corrected chi connectivity index (χ3v) is 5.05. The topological polar surface area (TPSA) is 89.5 Å². The lowest BCUT2D eigenvalue weighted by Gasteiger charge is -2.14. The third kappa shape index (κ3) is 9.51. The molecular formula is C29H26F2O8. The SMILES string of the molecule is C=CC(=O)OCOc1ccc(COc2ccc(OCc3ccc(OCOC(=O)C=C)cc3)c(C(F)F)c2)cc1. The van der Waals surface area contributed by atoms with Gasteiger partial charge >= 0.3 is 11.9 Å². The Morgan fingerprint density at radius 1 is 0.667 bits per heavy atom. The van der Waals surface area contributed by atoms with Crippen molar-refractivity contribution in [2.24, 2.45) is 0 Å². The summed E-state index contributed by atoms with van der Waals surface area (Å²) >= 11 is 0. The molecule has 39 heavy (non-hydrogen) atoms. The van der Waals surface area contributed by atoms with Crippen LogP contribution in [-0.4, -0.2) is 25.5 Å². The van der Waals surface area contributed by atoms with E-state index in [0.717, 1.165) is 23.3 Å². The van der Waals surface area contributed by atoms with Gasteiger partial charge in [-0.3, -0.25) is 0 Å². The molecule has 0 aromatic heterocycles. The first-order valence-corrected chi connectivity index (χ1v) is 11.6. The van der Waals surface area contributed by atoms with Gasteiger partial charge in [-0.2, -0.15) is 0 Å². The molecule has 10 heteroatoms. The summed E-state index contributed by atoms with van der Waals surface area (Å²) in [6, 6.07) is 17.7. The predicted molar refractivity (Wildman–Crippen MR) is 137 cm³/mol. The summed E-state index contributed by atoms with van der Waals surface area (Å²) in [7, 11) is 0. The smallest absolute Gasteiger partial charge is 0.333 e. The molecular weight excluding hydrogens is 514 g/mol. The van der Waals surface area contributed by atoms with Gasteiger partial charge in [0, 0.05) is 12.2 Å². The summed E-state index contributed by atoms with van der Waals surface area (Å²) in [5.41, 5.74) is 1.20. The molecule has 3 aromatic carbocycles. The molecule has 0 amide bonds. The number of rotatable bonds is 15. The number of carbonyl (C=O) groups is 2. The predicted octanol–water partition coefficient (Wildman–Crippen LogP) is 5.91. The monoisotopic (exact) mass is 540 g/mol. The number of benzene rings is 3. The van der Waals surface area contributed by atoms with E-state index in [2.05, 4.69) is 13.2 Å². The van der Waals surface area contributed by atoms with Crippen LogP contribution in [0.1, 0.15) is 23.1 Å². The molecule has 204 valence electrons. The van der Waals surface area contributed by atoms with Crippen molar-refractivity contribution >= 4 is 11.9 Å². The van der Waals surface area contributed by atoms with Gasteiger partial charge in [-0.15, -0.1) is 0 Å². The van der Waals surface area contributed by atoms with E-state index in [-0.39, 0.29) is 43.9 Å². The highest BCUT2D eigenvalue weighted by atomic mass is 19.3. The number of halogens is 2. The summed E-state index contributed by atoms with van der Waals surface area (Å²) < 4.78 is 58.8. The highest BCUT2D eigenvalue weighted by molar-refractivity contribution is 5.81. The van der Waals surface area contributed by atoms with Crippen LogP contribution in [0.4, 0.5) is 8.78 Å². The molecule has 0 aliphatic rings. The average Bonchev–Trinajstić information content (AvgIpc) is 2.96. The Labute approximate surface area is 224 Å². The zero-order valence-electron chi connectivity index (χ0n) is 20.8. The van der Waals surface area contributed by atoms with Gasteiger partial charge in [0.05, 0.1) is 5.56 Å². The van der Waals surface area contributed by atoms with Crippen molar-refractivity contribution in [3.8, 4) is 23.0 Å². The van der Waals surface area contributed by atoms with E-state index < -0.39 is 18.4 Å². The van der Waals surface area contributed by atoms with Crippen LogP contribution in [0.25, 0.3) is 0 Å². The summed E-state index contributed by atoms with van der Waals surface area (Å²) in [6.45, 7) is 6.25. The molecule has 0 N–H and O–H groups in total. The molecule has 0 saturated heterocycles. The number of esters is 2. The van der Waals surface area contributed by atoms with Gasteiger partial charge in [0.1, 0.15) is 36.2 Å². The van der Waals surface area contributed by atoms with E-state index >= 15 is 0 Å². The fourth-order valence-corrected chi connectivity index (χ4v) is 3.04. The molecule has 3 aromatic rings. The molecule has 8 nitrogen and oxygen atoms in total. The Balaban J connectivity index is 1.51. The van der Waals surface area contributed by atoms with Crippen molar-refractivity contribution in [1.82, 2.24) is 0 Å². The molecule has 0 fully saturated rings. The van der Waals surface area contributed by atoms with Crippen LogP contribution in [0.5, 0.6) is 23.0 Å². The normalized spacial score (nSPS) is 10.3. The fourth-order valence-electron chi connectivity index (χ4n) is 3.04. The molecule has 0 unspecified atom stereocenters. The number of alkyl halides is 2. The minimum Gasteiger partial charge on any atom is -0.489 e. The van der Waals surface area contributed by atoms with E-state index in [9.17, 15) is 18.4 Å². The quantitative estimate of drug-likeness (QED) is 0.134. The van der Waals surface area contributed by atoms with Crippen LogP contribution in [0, 0.1) is 0 Å². The van der Waals surface area contributed by atoms with Crippen molar-refractivity contribution in [1.29, 1.82) is 0 Å². The number of hydrogen-bond donors (Lipinski definition) is 0. The van der Waals surface area contributed by atoms with Crippen LogP contribution in [-0.2, 0) is 32.3 Å². The van der Waals surface area contributed by atoms with Crippen LogP contribution in [0.3, 0.4) is 0 Å². The van der Waals surface area contributed by atoms with E-state index in [4.69, 9.17) is 28.4 Å². The standard InChI is InChI=1S/C29H26F2O8/c1-3-27(32)38-18-36-22-9-5-20(6-10-22)16-34-24-13-14-26(25(15-24)29(30)31)35-17-21-7-11-23(12-8-21)37-19-39-28(33)4-2/h3-15,29H,1-2,16-19H2. The lowest BCUT2D eigenvalue weighted by Crippen LogP contribution is -2.07. The highest BCUT2D eigenvalue weighted by Gasteiger charge is 2.16. The third-order valence-electron chi connectivity index (χ3n) is 5.05. The van der Waals surface area contributed by atoms with Gasteiger partial charge < -0.3 is 28.4 Å². The summed E-state index contributed by atoms with van der Waals surface area (Å²) in [6.07, 6.45) is -0.710. The first kappa shape index (κ1) is 28.7. The van der Waals surface area contributed by atoms with E-state index in [1.54, 1.807) is 54.6 Å². The maximum absolute atomic E-state index is 13.7. The zero-order valence-corrected chi connectivity index (χ0v) is 20.8. The Morgan fingerprint density at radius 3 is 1.59 bits per heavy atom. The highest BCUT2D eigenvalue weighted by Crippen LogP contribution is 2.33. The summed E-state index contributed by atoms with van der Waals surface area (Å²) in [5, 5.41) is 0. The molecule has 0 radical (unpaired) electrons. The lowest BCUT2D eigenvalue weighted by molar-refractivity contribution is -0.145. The zero-order chi connectivity index (χ0) is 28.0. The van der Waals surface area contributed by atoms with Gasteiger partial charge in [-0.25, -0.2) is 18.4 Å². The van der Waals surface area contributed by atoms with E-state index in [1.165, 1.54) is 12.1 Å². The molecule has 3 rings (SSSR count). The van der Waals surface area contributed by atoms with E-state index in [1.807, 2.05) is 0 Å². The maximum atomic E-state index is 13.7. The Bertz CT molecular complexity index is 1260. The first-order valence-electron chi connectivity index (χ1n) is 11.6. The molecule has 0 heterocycles. The molecule has 0 saturated carbocycles. The average molecular weight is 541 g/mol.